The van der Waals surface area contributed by atoms with Crippen molar-refractivity contribution in [3.63, 3.8) is 0 Å². The van der Waals surface area contributed by atoms with Crippen LogP contribution in [-0.2, 0) is 0 Å². The monoisotopic (exact) mass is 239 g/mol. The van der Waals surface area contributed by atoms with Crippen LogP contribution in [0.3, 0.4) is 0 Å². The highest BCUT2D eigenvalue weighted by Crippen LogP contribution is 2.24. The minimum atomic E-state index is 0.380. The van der Waals surface area contributed by atoms with Gasteiger partial charge >= 0.3 is 0 Å². The number of unbranched alkanes of at least 4 members (excludes halogenated alkanes) is 1. The minimum Gasteiger partial charge on any atom is -0.508 e. The lowest BCUT2D eigenvalue weighted by molar-refractivity contribution is 0.471. The summed E-state index contributed by atoms with van der Waals surface area (Å²) in [6.07, 6.45) is 4.59. The van der Waals surface area contributed by atoms with E-state index in [1.807, 2.05) is 37.7 Å². The van der Waals surface area contributed by atoms with Gasteiger partial charge in [0.15, 0.2) is 0 Å². The van der Waals surface area contributed by atoms with Crippen molar-refractivity contribution in [2.24, 2.45) is 0 Å². The van der Waals surface area contributed by atoms with Crippen LogP contribution in [0, 0.1) is 13.8 Å². The molecule has 2 N–H and O–H groups in total. The zero-order chi connectivity index (χ0) is 12.0. The zero-order valence-electron chi connectivity index (χ0n) is 10.3. The summed E-state index contributed by atoms with van der Waals surface area (Å²) in [6, 6.07) is 3.83. The second kappa shape index (κ2) is 6.69. The van der Waals surface area contributed by atoms with Crippen molar-refractivity contribution in [1.29, 1.82) is 0 Å². The van der Waals surface area contributed by atoms with Crippen LogP contribution in [-0.4, -0.2) is 23.7 Å². The van der Waals surface area contributed by atoms with Gasteiger partial charge in [-0.2, -0.15) is 11.8 Å². The number of benzene rings is 1. The summed E-state index contributed by atoms with van der Waals surface area (Å²) >= 11 is 1.89. The highest BCUT2D eigenvalue weighted by atomic mass is 32.2. The maximum Gasteiger partial charge on any atom is 0.118 e. The molecule has 1 aromatic carbocycles. The number of anilines is 1. The Kier molecular flexibility index (Phi) is 5.53. The number of rotatable bonds is 6. The predicted molar refractivity (Wildman–Crippen MR) is 73.7 cm³/mol. The molecule has 16 heavy (non-hydrogen) atoms. The first kappa shape index (κ1) is 13.2. The number of aromatic hydroxyl groups is 1. The first-order valence-electron chi connectivity index (χ1n) is 5.68. The van der Waals surface area contributed by atoms with E-state index < -0.39 is 0 Å². The Hall–Kier alpha value is -0.830. The van der Waals surface area contributed by atoms with E-state index in [1.54, 1.807) is 0 Å². The standard InChI is InChI=1S/C13H21NOS/c1-10-9-13(15)11(2)8-12(10)14-6-4-5-7-16-3/h8-9,14-15H,4-7H2,1-3H3. The summed E-state index contributed by atoms with van der Waals surface area (Å²) < 4.78 is 0. The molecular formula is C13H21NOS. The van der Waals surface area contributed by atoms with Crippen LogP contribution in [0.1, 0.15) is 24.0 Å². The Morgan fingerprint density at radius 1 is 1.19 bits per heavy atom. The Balaban J connectivity index is 2.45. The van der Waals surface area contributed by atoms with Crippen LogP contribution in [0.5, 0.6) is 5.75 Å². The minimum absolute atomic E-state index is 0.380. The number of nitrogens with one attached hydrogen (secondary N) is 1. The van der Waals surface area contributed by atoms with Crippen LogP contribution in [0.25, 0.3) is 0 Å². The van der Waals surface area contributed by atoms with Gasteiger partial charge in [-0.05, 0) is 62.0 Å². The maximum atomic E-state index is 9.54. The Bertz CT molecular complexity index is 339. The number of phenolic OH excluding ortho intramolecular Hbond substituents is 1. The maximum absolute atomic E-state index is 9.54. The lowest BCUT2D eigenvalue weighted by atomic mass is 10.1. The molecule has 1 aromatic rings. The summed E-state index contributed by atoms with van der Waals surface area (Å²) in [6.45, 7) is 4.95. The van der Waals surface area contributed by atoms with E-state index in [-0.39, 0.29) is 0 Å². The van der Waals surface area contributed by atoms with E-state index >= 15 is 0 Å². The molecule has 0 aliphatic heterocycles. The summed E-state index contributed by atoms with van der Waals surface area (Å²) in [4.78, 5) is 0. The topological polar surface area (TPSA) is 32.3 Å². The van der Waals surface area contributed by atoms with Crippen LogP contribution < -0.4 is 5.32 Å². The molecule has 0 aliphatic rings. The van der Waals surface area contributed by atoms with Gasteiger partial charge in [0.25, 0.3) is 0 Å². The number of hydrogen-bond donors (Lipinski definition) is 2. The average Bonchev–Trinajstić information content (AvgIpc) is 2.25. The van der Waals surface area contributed by atoms with Crippen LogP contribution in [0.15, 0.2) is 12.1 Å². The van der Waals surface area contributed by atoms with Crippen molar-refractivity contribution in [1.82, 2.24) is 0 Å². The normalized spacial score (nSPS) is 10.4. The molecule has 1 rings (SSSR count). The number of aryl methyl sites for hydroxylation is 2. The average molecular weight is 239 g/mol. The molecule has 0 spiro atoms. The first-order chi connectivity index (χ1) is 7.65. The molecule has 0 aromatic heterocycles. The molecule has 0 saturated carbocycles. The molecule has 0 amide bonds. The van der Waals surface area contributed by atoms with Gasteiger partial charge in [-0.15, -0.1) is 0 Å². The second-order valence-corrected chi connectivity index (χ2v) is 5.07. The molecule has 3 heteroatoms. The van der Waals surface area contributed by atoms with Gasteiger partial charge in [-0.3, -0.25) is 0 Å². The van der Waals surface area contributed by atoms with Gasteiger partial charge in [0, 0.05) is 12.2 Å². The third-order valence-electron chi connectivity index (χ3n) is 2.63. The lowest BCUT2D eigenvalue weighted by Crippen LogP contribution is -2.03. The molecule has 0 radical (unpaired) electrons. The van der Waals surface area contributed by atoms with Gasteiger partial charge in [0.05, 0.1) is 0 Å². The highest BCUT2D eigenvalue weighted by molar-refractivity contribution is 7.98. The van der Waals surface area contributed by atoms with Crippen molar-refractivity contribution >= 4 is 17.4 Å². The molecule has 0 unspecified atom stereocenters. The number of phenols is 1. The van der Waals surface area contributed by atoms with Gasteiger partial charge in [0.1, 0.15) is 5.75 Å². The Morgan fingerprint density at radius 3 is 2.62 bits per heavy atom. The predicted octanol–water partition coefficient (Wildman–Crippen LogP) is 3.56. The quantitative estimate of drug-likeness (QED) is 0.588. The van der Waals surface area contributed by atoms with Gasteiger partial charge < -0.3 is 10.4 Å². The summed E-state index contributed by atoms with van der Waals surface area (Å²) in [7, 11) is 0. The molecule has 2 nitrogen and oxygen atoms in total. The van der Waals surface area contributed by atoms with Crippen LogP contribution >= 0.6 is 11.8 Å². The van der Waals surface area contributed by atoms with Crippen molar-refractivity contribution in [2.75, 3.05) is 23.9 Å². The number of hydrogen-bond acceptors (Lipinski definition) is 3. The van der Waals surface area contributed by atoms with E-state index in [1.165, 1.54) is 18.6 Å². The van der Waals surface area contributed by atoms with Gasteiger partial charge in [0.2, 0.25) is 0 Å². The van der Waals surface area contributed by atoms with Gasteiger partial charge in [-0.1, -0.05) is 0 Å². The third-order valence-corrected chi connectivity index (χ3v) is 3.33. The van der Waals surface area contributed by atoms with E-state index in [9.17, 15) is 5.11 Å². The lowest BCUT2D eigenvalue weighted by Gasteiger charge is -2.11. The fourth-order valence-electron chi connectivity index (χ4n) is 1.59. The fraction of sp³-hybridized carbons (Fsp3) is 0.538. The van der Waals surface area contributed by atoms with E-state index in [2.05, 4.69) is 11.6 Å². The summed E-state index contributed by atoms with van der Waals surface area (Å²) in [5, 5.41) is 13.0. The highest BCUT2D eigenvalue weighted by Gasteiger charge is 2.02. The van der Waals surface area contributed by atoms with E-state index in [0.29, 0.717) is 5.75 Å². The fourth-order valence-corrected chi connectivity index (χ4v) is 2.08. The number of thioether (sulfide) groups is 1. The Morgan fingerprint density at radius 2 is 1.94 bits per heavy atom. The second-order valence-electron chi connectivity index (χ2n) is 4.08. The van der Waals surface area contributed by atoms with Crippen molar-refractivity contribution < 1.29 is 5.11 Å². The van der Waals surface area contributed by atoms with Crippen LogP contribution in [0.2, 0.25) is 0 Å². The molecule has 0 aliphatic carbocycles. The molecule has 0 fully saturated rings. The Labute approximate surface area is 102 Å². The van der Waals surface area contributed by atoms with Crippen LogP contribution in [0.4, 0.5) is 5.69 Å². The molecule has 0 saturated heterocycles. The van der Waals surface area contributed by atoms with Gasteiger partial charge in [-0.25, -0.2) is 0 Å². The van der Waals surface area contributed by atoms with E-state index in [4.69, 9.17) is 0 Å². The van der Waals surface area contributed by atoms with Crippen molar-refractivity contribution in [3.05, 3.63) is 23.3 Å². The van der Waals surface area contributed by atoms with E-state index in [0.717, 1.165) is 23.4 Å². The molecule has 0 heterocycles. The molecule has 0 atom stereocenters. The molecule has 90 valence electrons. The first-order valence-corrected chi connectivity index (χ1v) is 7.07. The van der Waals surface area contributed by atoms with Crippen molar-refractivity contribution in [2.45, 2.75) is 26.7 Å². The summed E-state index contributed by atoms with van der Waals surface area (Å²) in [5.74, 6) is 1.61. The molecular weight excluding hydrogens is 218 g/mol. The zero-order valence-corrected chi connectivity index (χ0v) is 11.2. The third kappa shape index (κ3) is 3.97. The smallest absolute Gasteiger partial charge is 0.118 e. The van der Waals surface area contributed by atoms with Crippen molar-refractivity contribution in [3.8, 4) is 5.75 Å². The largest absolute Gasteiger partial charge is 0.508 e. The SMILES string of the molecule is CSCCCCNc1cc(C)c(O)cc1C. The molecule has 0 bridgehead atoms. The summed E-state index contributed by atoms with van der Waals surface area (Å²) in [5.41, 5.74) is 3.17.